The van der Waals surface area contributed by atoms with Gasteiger partial charge in [-0.2, -0.15) is 0 Å². The van der Waals surface area contributed by atoms with Gasteiger partial charge < -0.3 is 5.32 Å². The largest absolute Gasteiger partial charge is 0.306 e. The number of nitrogens with one attached hydrogen (secondary N) is 1. The minimum atomic E-state index is 0.293. The van der Waals surface area contributed by atoms with Gasteiger partial charge >= 0.3 is 0 Å². The van der Waals surface area contributed by atoms with Crippen LogP contribution >= 0.6 is 0 Å². The molecule has 2 aromatic carbocycles. The maximum Gasteiger partial charge on any atom is 0.0582 e. The van der Waals surface area contributed by atoms with E-state index in [9.17, 15) is 0 Å². The molecule has 1 nitrogen and oxygen atoms in total. The van der Waals surface area contributed by atoms with Crippen LogP contribution in [-0.4, -0.2) is 6.54 Å². The van der Waals surface area contributed by atoms with E-state index in [0.717, 1.165) is 13.0 Å². The standard InChI is InChI=1S/C19H23N/c1-19(2,3)13-20-18-16-10-6-4-8-14(16)12-15-9-5-7-11-17(15)18/h4-11,18,20H,12-13H2,1-3H3. The van der Waals surface area contributed by atoms with E-state index >= 15 is 0 Å². The van der Waals surface area contributed by atoms with Crippen LogP contribution in [0.25, 0.3) is 0 Å². The van der Waals surface area contributed by atoms with Gasteiger partial charge in [0, 0.05) is 6.54 Å². The molecule has 0 saturated carbocycles. The summed E-state index contributed by atoms with van der Waals surface area (Å²) in [5, 5.41) is 3.77. The molecule has 0 aliphatic heterocycles. The molecule has 0 fully saturated rings. The van der Waals surface area contributed by atoms with Crippen molar-refractivity contribution >= 4 is 0 Å². The van der Waals surface area contributed by atoms with Crippen LogP contribution in [0.4, 0.5) is 0 Å². The van der Waals surface area contributed by atoms with Crippen LogP contribution in [0.2, 0.25) is 0 Å². The summed E-state index contributed by atoms with van der Waals surface area (Å²) in [6.45, 7) is 7.85. The predicted molar refractivity (Wildman–Crippen MR) is 85.0 cm³/mol. The van der Waals surface area contributed by atoms with Crippen molar-refractivity contribution in [1.82, 2.24) is 5.32 Å². The van der Waals surface area contributed by atoms with Crippen LogP contribution < -0.4 is 5.32 Å². The van der Waals surface area contributed by atoms with Crippen molar-refractivity contribution in [3.63, 3.8) is 0 Å². The molecular weight excluding hydrogens is 242 g/mol. The Bertz CT molecular complexity index is 562. The molecule has 0 heterocycles. The molecular formula is C19H23N. The van der Waals surface area contributed by atoms with E-state index in [1.165, 1.54) is 22.3 Å². The molecule has 104 valence electrons. The van der Waals surface area contributed by atoms with E-state index in [0.29, 0.717) is 11.5 Å². The Hall–Kier alpha value is -1.60. The van der Waals surface area contributed by atoms with Crippen LogP contribution in [0.15, 0.2) is 48.5 Å². The van der Waals surface area contributed by atoms with Crippen molar-refractivity contribution in [3.8, 4) is 0 Å². The maximum absolute atomic E-state index is 3.77. The molecule has 2 aromatic rings. The number of hydrogen-bond donors (Lipinski definition) is 1. The van der Waals surface area contributed by atoms with Crippen molar-refractivity contribution < 1.29 is 0 Å². The zero-order chi connectivity index (χ0) is 14.2. The first-order valence-electron chi connectivity index (χ1n) is 7.43. The van der Waals surface area contributed by atoms with E-state index < -0.39 is 0 Å². The molecule has 0 radical (unpaired) electrons. The average molecular weight is 265 g/mol. The van der Waals surface area contributed by atoms with E-state index in [1.54, 1.807) is 0 Å². The molecule has 1 aliphatic carbocycles. The van der Waals surface area contributed by atoms with Gasteiger partial charge in [0.25, 0.3) is 0 Å². The molecule has 1 N–H and O–H groups in total. The number of rotatable bonds is 2. The second-order valence-corrected chi connectivity index (χ2v) is 6.95. The topological polar surface area (TPSA) is 12.0 Å². The van der Waals surface area contributed by atoms with E-state index in [1.807, 2.05) is 0 Å². The fourth-order valence-electron chi connectivity index (χ4n) is 2.95. The Labute approximate surface area is 122 Å². The van der Waals surface area contributed by atoms with Gasteiger partial charge in [-0.1, -0.05) is 69.3 Å². The summed E-state index contributed by atoms with van der Waals surface area (Å²) >= 11 is 0. The highest BCUT2D eigenvalue weighted by Gasteiger charge is 2.25. The minimum absolute atomic E-state index is 0.293. The monoisotopic (exact) mass is 265 g/mol. The highest BCUT2D eigenvalue weighted by Crippen LogP contribution is 2.35. The Morgan fingerprint density at radius 3 is 1.90 bits per heavy atom. The summed E-state index contributed by atoms with van der Waals surface area (Å²) in [4.78, 5) is 0. The van der Waals surface area contributed by atoms with Crippen molar-refractivity contribution in [2.24, 2.45) is 5.41 Å². The van der Waals surface area contributed by atoms with Crippen molar-refractivity contribution in [1.29, 1.82) is 0 Å². The van der Waals surface area contributed by atoms with Crippen molar-refractivity contribution in [2.45, 2.75) is 33.2 Å². The molecule has 1 heteroatoms. The average Bonchev–Trinajstić information content (AvgIpc) is 2.42. The Morgan fingerprint density at radius 1 is 0.900 bits per heavy atom. The van der Waals surface area contributed by atoms with Gasteiger partial charge in [-0.3, -0.25) is 0 Å². The predicted octanol–water partition coefficient (Wildman–Crippen LogP) is 4.32. The molecule has 1 aliphatic rings. The molecule has 3 rings (SSSR count). The quantitative estimate of drug-likeness (QED) is 0.853. The summed E-state index contributed by atoms with van der Waals surface area (Å²) in [5.41, 5.74) is 6.09. The Morgan fingerprint density at radius 2 is 1.40 bits per heavy atom. The van der Waals surface area contributed by atoms with E-state index in [-0.39, 0.29) is 0 Å². The number of benzene rings is 2. The normalized spacial score (nSPS) is 14.8. The zero-order valence-electron chi connectivity index (χ0n) is 12.6. The molecule has 0 aromatic heterocycles. The lowest BCUT2D eigenvalue weighted by atomic mass is 9.82. The van der Waals surface area contributed by atoms with Gasteiger partial charge in [-0.25, -0.2) is 0 Å². The van der Waals surface area contributed by atoms with Crippen LogP contribution in [0, 0.1) is 5.41 Å². The molecule has 0 unspecified atom stereocenters. The van der Waals surface area contributed by atoms with Crippen molar-refractivity contribution in [3.05, 3.63) is 70.8 Å². The Balaban J connectivity index is 1.99. The molecule has 20 heavy (non-hydrogen) atoms. The summed E-state index contributed by atoms with van der Waals surface area (Å²) in [5.74, 6) is 0. The number of fused-ring (bicyclic) bond motifs is 2. The first kappa shape index (κ1) is 13.4. The van der Waals surface area contributed by atoms with E-state index in [4.69, 9.17) is 0 Å². The van der Waals surface area contributed by atoms with Crippen LogP contribution in [0.1, 0.15) is 49.1 Å². The lowest BCUT2D eigenvalue weighted by Gasteiger charge is -2.31. The van der Waals surface area contributed by atoms with Gasteiger partial charge in [-0.05, 0) is 34.1 Å². The molecule has 0 saturated heterocycles. The summed E-state index contributed by atoms with van der Waals surface area (Å²) in [7, 11) is 0. The third kappa shape index (κ3) is 2.64. The summed E-state index contributed by atoms with van der Waals surface area (Å²) < 4.78 is 0. The molecule has 0 amide bonds. The van der Waals surface area contributed by atoms with Gasteiger partial charge in [-0.15, -0.1) is 0 Å². The third-order valence-electron chi connectivity index (χ3n) is 3.95. The second kappa shape index (κ2) is 5.06. The van der Waals surface area contributed by atoms with Crippen LogP contribution in [0.5, 0.6) is 0 Å². The van der Waals surface area contributed by atoms with E-state index in [2.05, 4.69) is 74.6 Å². The third-order valence-corrected chi connectivity index (χ3v) is 3.95. The number of hydrogen-bond acceptors (Lipinski definition) is 1. The summed E-state index contributed by atoms with van der Waals surface area (Å²) in [6.07, 6.45) is 1.06. The zero-order valence-corrected chi connectivity index (χ0v) is 12.6. The fraction of sp³-hybridized carbons (Fsp3) is 0.368. The van der Waals surface area contributed by atoms with Gasteiger partial charge in [0.1, 0.15) is 0 Å². The smallest absolute Gasteiger partial charge is 0.0582 e. The maximum atomic E-state index is 3.77. The Kier molecular flexibility index (Phi) is 3.39. The van der Waals surface area contributed by atoms with Crippen LogP contribution in [-0.2, 0) is 6.42 Å². The van der Waals surface area contributed by atoms with Crippen LogP contribution in [0.3, 0.4) is 0 Å². The first-order chi connectivity index (χ1) is 9.54. The fourth-order valence-corrected chi connectivity index (χ4v) is 2.95. The minimum Gasteiger partial charge on any atom is -0.306 e. The lowest BCUT2D eigenvalue weighted by molar-refractivity contribution is 0.364. The SMILES string of the molecule is CC(C)(C)CNC1c2ccccc2Cc2ccccc21. The van der Waals surface area contributed by atoms with Crippen molar-refractivity contribution in [2.75, 3.05) is 6.54 Å². The highest BCUT2D eigenvalue weighted by atomic mass is 14.9. The van der Waals surface area contributed by atoms with Gasteiger partial charge in [0.05, 0.1) is 6.04 Å². The molecule has 0 bridgehead atoms. The summed E-state index contributed by atoms with van der Waals surface area (Å²) in [6, 6.07) is 18.0. The molecule has 0 spiro atoms. The highest BCUT2D eigenvalue weighted by molar-refractivity contribution is 5.48. The lowest BCUT2D eigenvalue weighted by Crippen LogP contribution is -2.33. The first-order valence-corrected chi connectivity index (χ1v) is 7.43. The molecule has 0 atom stereocenters. The van der Waals surface area contributed by atoms with Gasteiger partial charge in [0.15, 0.2) is 0 Å². The van der Waals surface area contributed by atoms with Gasteiger partial charge in [0.2, 0.25) is 0 Å². The second-order valence-electron chi connectivity index (χ2n) is 6.95.